The summed E-state index contributed by atoms with van der Waals surface area (Å²) in [7, 11) is 0. The monoisotopic (exact) mass is 301 g/mol. The first kappa shape index (κ1) is 14.1. The molecule has 2 aromatic rings. The Morgan fingerprint density at radius 1 is 1.24 bits per heavy atom. The van der Waals surface area contributed by atoms with Gasteiger partial charge in [0.15, 0.2) is 0 Å². The average Bonchev–Trinajstić information content (AvgIpc) is 2.78. The first-order chi connectivity index (χ1) is 10.1. The Morgan fingerprint density at radius 3 is 2.81 bits per heavy atom. The third kappa shape index (κ3) is 2.55. The SMILES string of the molecule is Cc1cccc(C(=O)N[C@H]2c3ccccc3C[C@H]2O)c1Cl. The maximum Gasteiger partial charge on any atom is 0.253 e. The number of carbonyl (C=O) groups is 1. The van der Waals surface area contributed by atoms with E-state index in [0.29, 0.717) is 17.0 Å². The predicted molar refractivity (Wildman–Crippen MR) is 82.5 cm³/mol. The van der Waals surface area contributed by atoms with E-state index < -0.39 is 6.10 Å². The quantitative estimate of drug-likeness (QED) is 0.896. The van der Waals surface area contributed by atoms with Gasteiger partial charge in [-0.1, -0.05) is 48.0 Å². The molecule has 108 valence electrons. The van der Waals surface area contributed by atoms with Crippen molar-refractivity contribution in [1.29, 1.82) is 0 Å². The summed E-state index contributed by atoms with van der Waals surface area (Å²) in [6, 6.07) is 12.7. The molecular weight excluding hydrogens is 286 g/mol. The van der Waals surface area contributed by atoms with E-state index in [-0.39, 0.29) is 11.9 Å². The zero-order valence-electron chi connectivity index (χ0n) is 11.6. The first-order valence-corrected chi connectivity index (χ1v) is 7.27. The van der Waals surface area contributed by atoms with E-state index in [9.17, 15) is 9.90 Å². The second-order valence-electron chi connectivity index (χ2n) is 5.36. The van der Waals surface area contributed by atoms with Gasteiger partial charge < -0.3 is 10.4 Å². The number of nitrogens with one attached hydrogen (secondary N) is 1. The van der Waals surface area contributed by atoms with Crippen molar-refractivity contribution in [3.63, 3.8) is 0 Å². The van der Waals surface area contributed by atoms with Gasteiger partial charge in [-0.25, -0.2) is 0 Å². The zero-order chi connectivity index (χ0) is 15.0. The highest BCUT2D eigenvalue weighted by Crippen LogP contribution is 2.32. The number of rotatable bonds is 2. The molecule has 1 aliphatic rings. The average molecular weight is 302 g/mol. The van der Waals surface area contributed by atoms with Gasteiger partial charge in [0.05, 0.1) is 22.7 Å². The van der Waals surface area contributed by atoms with Gasteiger partial charge in [-0.2, -0.15) is 0 Å². The standard InChI is InChI=1S/C17H16ClNO2/c1-10-5-4-8-13(15(10)18)17(21)19-16-12-7-3-2-6-11(12)9-14(16)20/h2-8,14,16,20H,9H2,1H3,(H,19,21)/t14-,16+/m1/s1. The summed E-state index contributed by atoms with van der Waals surface area (Å²) in [4.78, 5) is 12.4. The molecule has 0 fully saturated rings. The van der Waals surface area contributed by atoms with E-state index >= 15 is 0 Å². The van der Waals surface area contributed by atoms with Gasteiger partial charge >= 0.3 is 0 Å². The van der Waals surface area contributed by atoms with Crippen molar-refractivity contribution >= 4 is 17.5 Å². The van der Waals surface area contributed by atoms with Crippen molar-refractivity contribution in [2.75, 3.05) is 0 Å². The molecule has 2 atom stereocenters. The molecule has 3 rings (SSSR count). The molecule has 0 heterocycles. The Kier molecular flexibility index (Phi) is 3.70. The van der Waals surface area contributed by atoms with Gasteiger partial charge in [0.2, 0.25) is 0 Å². The summed E-state index contributed by atoms with van der Waals surface area (Å²) >= 11 is 6.19. The van der Waals surface area contributed by atoms with Crippen LogP contribution in [0.2, 0.25) is 5.02 Å². The van der Waals surface area contributed by atoms with Crippen molar-refractivity contribution < 1.29 is 9.90 Å². The number of hydrogen-bond acceptors (Lipinski definition) is 2. The molecule has 0 aromatic heterocycles. The minimum Gasteiger partial charge on any atom is -0.390 e. The lowest BCUT2D eigenvalue weighted by molar-refractivity contribution is 0.0858. The number of aliphatic hydroxyl groups excluding tert-OH is 1. The lowest BCUT2D eigenvalue weighted by atomic mass is 10.1. The molecule has 1 aliphatic carbocycles. The zero-order valence-corrected chi connectivity index (χ0v) is 12.4. The number of benzene rings is 2. The second kappa shape index (κ2) is 5.51. The van der Waals surface area contributed by atoms with Crippen molar-refractivity contribution in [1.82, 2.24) is 5.32 Å². The van der Waals surface area contributed by atoms with Gasteiger partial charge in [0.1, 0.15) is 0 Å². The lowest BCUT2D eigenvalue weighted by Gasteiger charge is -2.18. The van der Waals surface area contributed by atoms with E-state index in [2.05, 4.69) is 5.32 Å². The van der Waals surface area contributed by atoms with Crippen LogP contribution in [0.15, 0.2) is 42.5 Å². The molecule has 3 nitrogen and oxygen atoms in total. The number of fused-ring (bicyclic) bond motifs is 1. The number of hydrogen-bond donors (Lipinski definition) is 2. The number of aryl methyl sites for hydroxylation is 1. The third-order valence-corrected chi connectivity index (χ3v) is 4.43. The fourth-order valence-corrected chi connectivity index (χ4v) is 3.00. The van der Waals surface area contributed by atoms with Crippen LogP contribution in [0.1, 0.15) is 33.1 Å². The van der Waals surface area contributed by atoms with E-state index in [0.717, 1.165) is 16.7 Å². The molecule has 0 unspecified atom stereocenters. The normalized spacial score (nSPS) is 20.1. The maximum absolute atomic E-state index is 12.4. The molecule has 0 radical (unpaired) electrons. The largest absolute Gasteiger partial charge is 0.390 e. The Hall–Kier alpha value is -1.84. The summed E-state index contributed by atoms with van der Waals surface area (Å²) in [5, 5.41) is 13.5. The van der Waals surface area contributed by atoms with Crippen molar-refractivity contribution in [3.8, 4) is 0 Å². The molecule has 0 spiro atoms. The van der Waals surface area contributed by atoms with Crippen molar-refractivity contribution in [2.45, 2.75) is 25.5 Å². The van der Waals surface area contributed by atoms with Crippen LogP contribution in [0.3, 0.4) is 0 Å². The second-order valence-corrected chi connectivity index (χ2v) is 5.74. The van der Waals surface area contributed by atoms with Gasteiger partial charge in [0.25, 0.3) is 5.91 Å². The van der Waals surface area contributed by atoms with E-state index in [1.165, 1.54) is 0 Å². The smallest absolute Gasteiger partial charge is 0.253 e. The molecule has 1 amide bonds. The number of halogens is 1. The van der Waals surface area contributed by atoms with Crippen LogP contribution < -0.4 is 5.32 Å². The minimum absolute atomic E-state index is 0.260. The van der Waals surface area contributed by atoms with Crippen LogP contribution >= 0.6 is 11.6 Å². The Labute approximate surface area is 128 Å². The fraction of sp³-hybridized carbons (Fsp3) is 0.235. The predicted octanol–water partition coefficient (Wildman–Crippen LogP) is 3.04. The van der Waals surface area contributed by atoms with Crippen LogP contribution in [0.25, 0.3) is 0 Å². The molecular formula is C17H16ClNO2. The van der Waals surface area contributed by atoms with E-state index in [4.69, 9.17) is 11.6 Å². The minimum atomic E-state index is -0.602. The highest BCUT2D eigenvalue weighted by Gasteiger charge is 2.32. The topological polar surface area (TPSA) is 49.3 Å². The van der Waals surface area contributed by atoms with E-state index in [1.807, 2.05) is 37.3 Å². The van der Waals surface area contributed by atoms with Crippen LogP contribution in [0, 0.1) is 6.92 Å². The molecule has 2 aromatic carbocycles. The van der Waals surface area contributed by atoms with Gasteiger partial charge in [0, 0.05) is 6.42 Å². The van der Waals surface area contributed by atoms with Gasteiger partial charge in [-0.05, 0) is 29.7 Å². The molecule has 0 bridgehead atoms. The van der Waals surface area contributed by atoms with Crippen LogP contribution in [-0.2, 0) is 6.42 Å². The highest BCUT2D eigenvalue weighted by atomic mass is 35.5. The first-order valence-electron chi connectivity index (χ1n) is 6.90. The summed E-state index contributed by atoms with van der Waals surface area (Å²) in [5.74, 6) is -0.260. The van der Waals surface area contributed by atoms with Crippen LogP contribution in [-0.4, -0.2) is 17.1 Å². The van der Waals surface area contributed by atoms with Crippen molar-refractivity contribution in [3.05, 3.63) is 69.7 Å². The summed E-state index contributed by atoms with van der Waals surface area (Å²) in [5.41, 5.74) is 3.35. The fourth-order valence-electron chi connectivity index (χ4n) is 2.79. The lowest BCUT2D eigenvalue weighted by Crippen LogP contribution is -2.34. The summed E-state index contributed by atoms with van der Waals surface area (Å²) in [6.07, 6.45) is -0.0437. The molecule has 0 aliphatic heterocycles. The maximum atomic E-state index is 12.4. The molecule has 21 heavy (non-hydrogen) atoms. The molecule has 2 N–H and O–H groups in total. The number of amides is 1. The number of aliphatic hydroxyl groups is 1. The summed E-state index contributed by atoms with van der Waals surface area (Å²) in [6.45, 7) is 1.86. The molecule has 4 heteroatoms. The Bertz CT molecular complexity index is 699. The third-order valence-electron chi connectivity index (χ3n) is 3.93. The van der Waals surface area contributed by atoms with Gasteiger partial charge in [-0.3, -0.25) is 4.79 Å². The van der Waals surface area contributed by atoms with Crippen LogP contribution in [0.5, 0.6) is 0 Å². The summed E-state index contributed by atoms with van der Waals surface area (Å²) < 4.78 is 0. The van der Waals surface area contributed by atoms with Gasteiger partial charge in [-0.15, -0.1) is 0 Å². The molecule has 0 saturated heterocycles. The van der Waals surface area contributed by atoms with Crippen molar-refractivity contribution in [2.24, 2.45) is 0 Å². The van der Waals surface area contributed by atoms with E-state index in [1.54, 1.807) is 12.1 Å². The Morgan fingerprint density at radius 2 is 2.00 bits per heavy atom. The molecule has 0 saturated carbocycles. The number of carbonyl (C=O) groups excluding carboxylic acids is 1. The van der Waals surface area contributed by atoms with Crippen LogP contribution in [0.4, 0.5) is 0 Å². The highest BCUT2D eigenvalue weighted by molar-refractivity contribution is 6.34. The Balaban J connectivity index is 1.87.